The van der Waals surface area contributed by atoms with E-state index in [1.165, 1.54) is 36.4 Å². The number of benzene rings is 3. The highest BCUT2D eigenvalue weighted by Crippen LogP contribution is 2.26. The summed E-state index contributed by atoms with van der Waals surface area (Å²) < 4.78 is 21.2. The summed E-state index contributed by atoms with van der Waals surface area (Å²) in [4.78, 5) is 57.1. The molecule has 2 heterocycles. The van der Waals surface area contributed by atoms with Gasteiger partial charge in [-0.05, 0) is 48.5 Å². The van der Waals surface area contributed by atoms with Crippen LogP contribution in [0, 0.1) is 0 Å². The number of ether oxygens (including phenoxy) is 2. The Labute approximate surface area is 214 Å². The second kappa shape index (κ2) is 10.1. The zero-order valence-electron chi connectivity index (χ0n) is 20.3. The van der Waals surface area contributed by atoms with Gasteiger partial charge in [-0.25, -0.2) is 19.6 Å². The van der Waals surface area contributed by atoms with Crippen molar-refractivity contribution in [3.8, 4) is 34.4 Å². The zero-order valence-corrected chi connectivity index (χ0v) is 20.3. The fourth-order valence-corrected chi connectivity index (χ4v) is 3.64. The third kappa shape index (κ3) is 4.92. The van der Waals surface area contributed by atoms with E-state index < -0.39 is 23.2 Å². The van der Waals surface area contributed by atoms with Crippen molar-refractivity contribution in [1.29, 1.82) is 0 Å². The van der Waals surface area contributed by atoms with Gasteiger partial charge >= 0.3 is 23.2 Å². The van der Waals surface area contributed by atoms with Gasteiger partial charge in [0.05, 0.1) is 21.8 Å². The summed E-state index contributed by atoms with van der Waals surface area (Å²) >= 11 is 0. The monoisotopic (exact) mass is 512 g/mol. The van der Waals surface area contributed by atoms with Crippen molar-refractivity contribution in [2.45, 2.75) is 26.7 Å². The molecule has 0 atom stereocenters. The SMILES string of the molecule is CCC(=O)Oc1ccc2c(=O)oc(-c3ccc(-c4nc5cc(OC(=O)CC)ccc5c(=O)o4)cc3)nc2c1. The Hall–Kier alpha value is -5.12. The van der Waals surface area contributed by atoms with Crippen LogP contribution in [0.1, 0.15) is 26.7 Å². The molecule has 0 aliphatic carbocycles. The van der Waals surface area contributed by atoms with E-state index in [-0.39, 0.29) is 46.9 Å². The second-order valence-corrected chi connectivity index (χ2v) is 8.20. The van der Waals surface area contributed by atoms with E-state index in [1.54, 1.807) is 38.1 Å². The van der Waals surface area contributed by atoms with Crippen LogP contribution in [-0.4, -0.2) is 21.9 Å². The molecular formula is C28H20N2O8. The van der Waals surface area contributed by atoms with Gasteiger partial charge in [0.2, 0.25) is 11.8 Å². The van der Waals surface area contributed by atoms with Crippen LogP contribution in [0.5, 0.6) is 11.5 Å². The molecule has 0 radical (unpaired) electrons. The van der Waals surface area contributed by atoms with Crippen LogP contribution in [0.25, 0.3) is 44.7 Å². The zero-order chi connectivity index (χ0) is 26.8. The number of hydrogen-bond acceptors (Lipinski definition) is 10. The lowest BCUT2D eigenvalue weighted by Crippen LogP contribution is -2.07. The summed E-state index contributed by atoms with van der Waals surface area (Å²) in [6.45, 7) is 3.36. The Balaban J connectivity index is 1.48. The molecule has 0 spiro atoms. The van der Waals surface area contributed by atoms with Crippen molar-refractivity contribution in [3.05, 3.63) is 81.5 Å². The van der Waals surface area contributed by atoms with Crippen molar-refractivity contribution in [2.24, 2.45) is 0 Å². The maximum absolute atomic E-state index is 12.5. The van der Waals surface area contributed by atoms with Crippen molar-refractivity contribution in [2.75, 3.05) is 0 Å². The van der Waals surface area contributed by atoms with Gasteiger partial charge < -0.3 is 18.3 Å². The number of fused-ring (bicyclic) bond motifs is 2. The van der Waals surface area contributed by atoms with E-state index in [0.29, 0.717) is 22.2 Å². The maximum Gasteiger partial charge on any atom is 0.347 e. The number of esters is 2. The molecule has 0 aliphatic heterocycles. The first kappa shape index (κ1) is 24.6. The van der Waals surface area contributed by atoms with Gasteiger partial charge in [-0.1, -0.05) is 13.8 Å². The number of aromatic nitrogens is 2. The van der Waals surface area contributed by atoms with E-state index in [9.17, 15) is 19.2 Å². The molecule has 3 aromatic carbocycles. The first-order valence-electron chi connectivity index (χ1n) is 11.8. The first-order valence-corrected chi connectivity index (χ1v) is 11.8. The molecule has 0 N–H and O–H groups in total. The average molecular weight is 512 g/mol. The van der Waals surface area contributed by atoms with Gasteiger partial charge in [-0.15, -0.1) is 0 Å². The van der Waals surface area contributed by atoms with Crippen molar-refractivity contribution in [1.82, 2.24) is 9.97 Å². The Morgan fingerprint density at radius 1 is 0.658 bits per heavy atom. The van der Waals surface area contributed by atoms with Crippen molar-refractivity contribution >= 4 is 33.7 Å². The Kier molecular flexibility index (Phi) is 6.53. The largest absolute Gasteiger partial charge is 0.426 e. The van der Waals surface area contributed by atoms with Gasteiger partial charge in [0, 0.05) is 36.1 Å². The molecule has 2 aromatic heterocycles. The summed E-state index contributed by atoms with van der Waals surface area (Å²) in [5.41, 5.74) is 0.404. The molecule has 190 valence electrons. The summed E-state index contributed by atoms with van der Waals surface area (Å²) in [6, 6.07) is 15.5. The average Bonchev–Trinajstić information content (AvgIpc) is 2.92. The molecule has 0 aliphatic rings. The fourth-order valence-electron chi connectivity index (χ4n) is 3.64. The van der Waals surface area contributed by atoms with Crippen LogP contribution in [-0.2, 0) is 9.59 Å². The van der Waals surface area contributed by atoms with E-state index in [4.69, 9.17) is 18.3 Å². The molecule has 0 bridgehead atoms. The molecule has 5 aromatic rings. The third-order valence-electron chi connectivity index (χ3n) is 5.62. The molecular weight excluding hydrogens is 492 g/mol. The normalized spacial score (nSPS) is 11.0. The van der Waals surface area contributed by atoms with E-state index >= 15 is 0 Å². The van der Waals surface area contributed by atoms with Crippen molar-refractivity contribution in [3.63, 3.8) is 0 Å². The van der Waals surface area contributed by atoms with Crippen LogP contribution in [0.2, 0.25) is 0 Å². The number of carbonyl (C=O) groups excluding carboxylic acids is 2. The van der Waals surface area contributed by atoms with Crippen molar-refractivity contribution < 1.29 is 27.9 Å². The lowest BCUT2D eigenvalue weighted by Gasteiger charge is -2.06. The highest BCUT2D eigenvalue weighted by atomic mass is 16.5. The second-order valence-electron chi connectivity index (χ2n) is 8.20. The number of rotatable bonds is 6. The molecule has 5 rings (SSSR count). The predicted molar refractivity (Wildman–Crippen MR) is 137 cm³/mol. The predicted octanol–water partition coefficient (Wildman–Crippen LogP) is 4.65. The van der Waals surface area contributed by atoms with Crippen LogP contribution >= 0.6 is 0 Å². The van der Waals surface area contributed by atoms with Gasteiger partial charge in [0.1, 0.15) is 11.5 Å². The van der Waals surface area contributed by atoms with E-state index in [2.05, 4.69) is 9.97 Å². The maximum atomic E-state index is 12.5. The molecule has 10 heteroatoms. The van der Waals surface area contributed by atoms with Gasteiger partial charge in [0.25, 0.3) is 0 Å². The van der Waals surface area contributed by atoms with Gasteiger partial charge in [-0.3, -0.25) is 9.59 Å². The number of nitrogens with zero attached hydrogens (tertiary/aromatic N) is 2. The first-order chi connectivity index (χ1) is 18.3. The lowest BCUT2D eigenvalue weighted by molar-refractivity contribution is -0.134. The third-order valence-corrected chi connectivity index (χ3v) is 5.62. The Morgan fingerprint density at radius 3 is 1.42 bits per heavy atom. The summed E-state index contributed by atoms with van der Waals surface area (Å²) in [5.74, 6) is -0.153. The number of hydrogen-bond donors (Lipinski definition) is 0. The minimum atomic E-state index is -0.593. The van der Waals surface area contributed by atoms with E-state index in [0.717, 1.165) is 0 Å². The topological polar surface area (TPSA) is 139 Å². The molecule has 0 unspecified atom stereocenters. The summed E-state index contributed by atoms with van der Waals surface area (Å²) in [6.07, 6.45) is 0.416. The summed E-state index contributed by atoms with van der Waals surface area (Å²) in [5, 5.41) is 0.487. The summed E-state index contributed by atoms with van der Waals surface area (Å²) in [7, 11) is 0. The van der Waals surface area contributed by atoms with Crippen LogP contribution in [0.15, 0.2) is 79.1 Å². The minimum absolute atomic E-state index is 0.0586. The fraction of sp³-hybridized carbons (Fsp3) is 0.143. The molecule has 0 amide bonds. The molecule has 10 nitrogen and oxygen atoms in total. The molecule has 0 saturated carbocycles. The molecule has 0 saturated heterocycles. The number of carbonyl (C=O) groups is 2. The lowest BCUT2D eigenvalue weighted by atomic mass is 10.1. The highest BCUT2D eigenvalue weighted by Gasteiger charge is 2.14. The van der Waals surface area contributed by atoms with Crippen LogP contribution in [0.3, 0.4) is 0 Å². The quantitative estimate of drug-likeness (QED) is 0.233. The van der Waals surface area contributed by atoms with Gasteiger partial charge in [0.15, 0.2) is 0 Å². The van der Waals surface area contributed by atoms with Crippen LogP contribution < -0.4 is 20.7 Å². The van der Waals surface area contributed by atoms with E-state index in [1.807, 2.05) is 0 Å². The molecule has 0 fully saturated rings. The standard InChI is InChI=1S/C28H20N2O8/c1-3-23(31)35-17-9-11-19-21(13-17)29-25(37-27(19)33)15-5-7-16(8-6-15)26-30-22-14-18(36-24(32)4-2)10-12-20(22)28(34)38-26/h5-14H,3-4H2,1-2H3. The Bertz CT molecular complexity index is 1690. The molecule has 38 heavy (non-hydrogen) atoms. The smallest absolute Gasteiger partial charge is 0.347 e. The highest BCUT2D eigenvalue weighted by molar-refractivity contribution is 5.83. The Morgan fingerprint density at radius 2 is 1.05 bits per heavy atom. The van der Waals surface area contributed by atoms with Crippen LogP contribution in [0.4, 0.5) is 0 Å². The van der Waals surface area contributed by atoms with Gasteiger partial charge in [-0.2, -0.15) is 0 Å². The minimum Gasteiger partial charge on any atom is -0.426 e.